The zero-order valence-electron chi connectivity index (χ0n) is 16.4. The van der Waals surface area contributed by atoms with Crippen molar-refractivity contribution in [3.8, 4) is 0 Å². The third kappa shape index (κ3) is 8.02. The fourth-order valence-electron chi connectivity index (χ4n) is 3.35. The number of aliphatic hydroxyl groups excluding tert-OH is 2. The number of ether oxygens (including phenoxy) is 1. The average Bonchev–Trinajstić information content (AvgIpc) is 2.93. The minimum Gasteiger partial charge on any atom is -0.481 e. The number of carbonyl (C=O) groups is 1. The van der Waals surface area contributed by atoms with E-state index in [4.69, 9.17) is 9.84 Å². The lowest BCUT2D eigenvalue weighted by atomic mass is 9.85. The highest BCUT2D eigenvalue weighted by Crippen LogP contribution is 2.36. The van der Waals surface area contributed by atoms with E-state index in [-0.39, 0.29) is 29.8 Å². The van der Waals surface area contributed by atoms with Crippen molar-refractivity contribution in [1.29, 1.82) is 0 Å². The Hall–Kier alpha value is -1.17. The maximum Gasteiger partial charge on any atom is 0.303 e. The van der Waals surface area contributed by atoms with Crippen molar-refractivity contribution in [2.75, 3.05) is 13.2 Å². The van der Waals surface area contributed by atoms with Crippen LogP contribution in [0.4, 0.5) is 0 Å². The predicted molar refractivity (Wildman–Crippen MR) is 103 cm³/mol. The maximum atomic E-state index is 10.5. The largest absolute Gasteiger partial charge is 0.481 e. The van der Waals surface area contributed by atoms with Gasteiger partial charge in [0.2, 0.25) is 0 Å². The Kier molecular flexibility index (Phi) is 10.1. The molecule has 0 aromatic heterocycles. The molecule has 5 heteroatoms. The summed E-state index contributed by atoms with van der Waals surface area (Å²) in [4.78, 5) is 10.5. The molecule has 5 nitrogen and oxygen atoms in total. The lowest BCUT2D eigenvalue weighted by Crippen LogP contribution is -2.32. The number of aliphatic carboxylic acids is 1. The second kappa shape index (κ2) is 11.5. The Morgan fingerprint density at radius 1 is 1.31 bits per heavy atom. The lowest BCUT2D eigenvalue weighted by molar-refractivity contribution is -0.137. The standard InChI is InChI=1S/C21H36O5/c1-4-26-15-21(2,3)19(23)14-12-16-11-13-18(22)17(16)9-7-5-6-8-10-20(24)25/h5,7,12,14,16-19,22-23H,4,6,8-11,13,15H2,1-3H3,(H,24,25)/t16-,17+,18+,19?/m0/s1. The van der Waals surface area contributed by atoms with Gasteiger partial charge in [-0.15, -0.1) is 0 Å². The van der Waals surface area contributed by atoms with Crippen LogP contribution in [0.2, 0.25) is 0 Å². The Balaban J connectivity index is 2.51. The van der Waals surface area contributed by atoms with Crippen LogP contribution in [0.15, 0.2) is 24.3 Å². The molecule has 1 saturated carbocycles. The number of unbranched alkanes of at least 4 members (excludes halogenated alkanes) is 1. The smallest absolute Gasteiger partial charge is 0.303 e. The van der Waals surface area contributed by atoms with Crippen LogP contribution >= 0.6 is 0 Å². The van der Waals surface area contributed by atoms with E-state index in [1.165, 1.54) is 0 Å². The molecule has 1 aliphatic carbocycles. The first-order valence-corrected chi connectivity index (χ1v) is 9.77. The minimum absolute atomic E-state index is 0.157. The van der Waals surface area contributed by atoms with Gasteiger partial charge in [-0.1, -0.05) is 38.2 Å². The summed E-state index contributed by atoms with van der Waals surface area (Å²) in [6.07, 6.45) is 11.1. The molecule has 1 unspecified atom stereocenters. The highest BCUT2D eigenvalue weighted by atomic mass is 16.5. The fraction of sp³-hybridized carbons (Fsp3) is 0.762. The van der Waals surface area contributed by atoms with E-state index in [1.807, 2.05) is 32.9 Å². The molecule has 0 radical (unpaired) electrons. The monoisotopic (exact) mass is 368 g/mol. The van der Waals surface area contributed by atoms with E-state index in [0.717, 1.165) is 25.7 Å². The van der Waals surface area contributed by atoms with Crippen LogP contribution in [-0.2, 0) is 9.53 Å². The average molecular weight is 369 g/mol. The molecule has 0 saturated heterocycles. The number of carboxylic acid groups (broad SMARTS) is 1. The van der Waals surface area contributed by atoms with E-state index in [0.29, 0.717) is 19.6 Å². The Morgan fingerprint density at radius 2 is 2.04 bits per heavy atom. The second-order valence-electron chi connectivity index (χ2n) is 7.92. The van der Waals surface area contributed by atoms with E-state index >= 15 is 0 Å². The minimum atomic E-state index is -0.763. The summed E-state index contributed by atoms with van der Waals surface area (Å²) in [5.41, 5.74) is -0.344. The first-order chi connectivity index (χ1) is 12.3. The van der Waals surface area contributed by atoms with E-state index in [9.17, 15) is 15.0 Å². The summed E-state index contributed by atoms with van der Waals surface area (Å²) in [6, 6.07) is 0. The molecule has 4 atom stereocenters. The molecule has 0 aromatic carbocycles. The van der Waals surface area contributed by atoms with Gasteiger partial charge in [-0.3, -0.25) is 4.79 Å². The molecule has 150 valence electrons. The third-order valence-electron chi connectivity index (χ3n) is 5.20. The molecule has 0 bridgehead atoms. The van der Waals surface area contributed by atoms with Crippen molar-refractivity contribution >= 4 is 5.97 Å². The van der Waals surface area contributed by atoms with Crippen LogP contribution in [0.25, 0.3) is 0 Å². The molecule has 3 N–H and O–H groups in total. The van der Waals surface area contributed by atoms with Gasteiger partial charge in [-0.25, -0.2) is 0 Å². The van der Waals surface area contributed by atoms with Gasteiger partial charge in [0, 0.05) is 18.4 Å². The van der Waals surface area contributed by atoms with Gasteiger partial charge in [-0.2, -0.15) is 0 Å². The topological polar surface area (TPSA) is 87.0 Å². The molecular weight excluding hydrogens is 332 g/mol. The molecule has 0 heterocycles. The Morgan fingerprint density at radius 3 is 2.69 bits per heavy atom. The van der Waals surface area contributed by atoms with Gasteiger partial charge in [0.25, 0.3) is 0 Å². The summed E-state index contributed by atoms with van der Waals surface area (Å²) in [5.74, 6) is -0.351. The second-order valence-corrected chi connectivity index (χ2v) is 7.92. The summed E-state index contributed by atoms with van der Waals surface area (Å²) >= 11 is 0. The van der Waals surface area contributed by atoms with Gasteiger partial charge in [0.15, 0.2) is 0 Å². The number of aliphatic hydroxyl groups is 2. The zero-order chi connectivity index (χ0) is 19.6. The Bertz CT molecular complexity index is 469. The SMILES string of the molecule is CCOCC(C)(C)C(O)C=C[C@@H]1CC[C@@H](O)[C@@H]1CC=CCCCC(=O)O. The number of carboxylic acids is 1. The highest BCUT2D eigenvalue weighted by molar-refractivity contribution is 5.66. The van der Waals surface area contributed by atoms with Gasteiger partial charge >= 0.3 is 5.97 Å². The molecule has 0 aromatic rings. The quantitative estimate of drug-likeness (QED) is 0.362. The van der Waals surface area contributed by atoms with Gasteiger partial charge in [0.1, 0.15) is 0 Å². The van der Waals surface area contributed by atoms with Crippen molar-refractivity contribution in [3.05, 3.63) is 24.3 Å². The highest BCUT2D eigenvalue weighted by Gasteiger charge is 2.33. The van der Waals surface area contributed by atoms with Crippen LogP contribution < -0.4 is 0 Å². The first-order valence-electron chi connectivity index (χ1n) is 9.77. The molecular formula is C21H36O5. The normalized spacial score (nSPS) is 25.3. The van der Waals surface area contributed by atoms with Crippen molar-refractivity contribution < 1.29 is 24.9 Å². The van der Waals surface area contributed by atoms with Crippen LogP contribution in [0.1, 0.15) is 59.3 Å². The summed E-state index contributed by atoms with van der Waals surface area (Å²) in [7, 11) is 0. The molecule has 0 aliphatic heterocycles. The number of hydrogen-bond donors (Lipinski definition) is 3. The molecule has 26 heavy (non-hydrogen) atoms. The Labute approximate surface area is 157 Å². The van der Waals surface area contributed by atoms with Crippen LogP contribution in [-0.4, -0.2) is 46.7 Å². The fourth-order valence-corrected chi connectivity index (χ4v) is 3.35. The predicted octanol–water partition coefficient (Wildman–Crippen LogP) is 3.55. The number of allylic oxidation sites excluding steroid dienone is 3. The van der Waals surface area contributed by atoms with Crippen molar-refractivity contribution in [3.63, 3.8) is 0 Å². The number of hydrogen-bond acceptors (Lipinski definition) is 4. The molecule has 1 aliphatic rings. The maximum absolute atomic E-state index is 10.5. The van der Waals surface area contributed by atoms with E-state index < -0.39 is 12.1 Å². The molecule has 0 spiro atoms. The van der Waals surface area contributed by atoms with Crippen molar-refractivity contribution in [2.24, 2.45) is 17.3 Å². The van der Waals surface area contributed by atoms with Gasteiger partial charge < -0.3 is 20.1 Å². The molecule has 1 fully saturated rings. The molecule has 0 amide bonds. The van der Waals surface area contributed by atoms with Gasteiger partial charge in [-0.05, 0) is 50.9 Å². The third-order valence-corrected chi connectivity index (χ3v) is 5.20. The van der Waals surface area contributed by atoms with Crippen LogP contribution in [0, 0.1) is 17.3 Å². The first kappa shape index (κ1) is 22.9. The van der Waals surface area contributed by atoms with Gasteiger partial charge in [0.05, 0.1) is 18.8 Å². The van der Waals surface area contributed by atoms with E-state index in [1.54, 1.807) is 0 Å². The molecule has 1 rings (SSSR count). The van der Waals surface area contributed by atoms with Crippen molar-refractivity contribution in [1.82, 2.24) is 0 Å². The summed E-state index contributed by atoms with van der Waals surface area (Å²) in [6.45, 7) is 7.05. The number of rotatable bonds is 12. The van der Waals surface area contributed by atoms with Crippen LogP contribution in [0.5, 0.6) is 0 Å². The van der Waals surface area contributed by atoms with E-state index in [2.05, 4.69) is 12.2 Å². The zero-order valence-corrected chi connectivity index (χ0v) is 16.4. The lowest BCUT2D eigenvalue weighted by Gasteiger charge is -2.28. The summed E-state index contributed by atoms with van der Waals surface area (Å²) in [5, 5.41) is 29.3. The summed E-state index contributed by atoms with van der Waals surface area (Å²) < 4.78 is 5.45. The van der Waals surface area contributed by atoms with Crippen LogP contribution in [0.3, 0.4) is 0 Å². The van der Waals surface area contributed by atoms with Crippen molar-refractivity contribution in [2.45, 2.75) is 71.5 Å².